The van der Waals surface area contributed by atoms with Gasteiger partial charge in [0, 0.05) is 29.1 Å². The van der Waals surface area contributed by atoms with Crippen molar-refractivity contribution >= 4 is 35.1 Å². The van der Waals surface area contributed by atoms with Gasteiger partial charge in [-0.15, -0.1) is 0 Å². The lowest BCUT2D eigenvalue weighted by atomic mass is 10.1. The average molecular weight is 468 g/mol. The molecule has 0 bridgehead atoms. The molecule has 4 rings (SSSR count). The molecule has 30 heavy (non-hydrogen) atoms. The van der Waals surface area contributed by atoms with Crippen molar-refractivity contribution in [2.24, 2.45) is 0 Å². The molecule has 1 aromatic heterocycles. The number of nitrogens with zero attached hydrogens (tertiary/aromatic N) is 2. The molecule has 0 atom stereocenters. The van der Waals surface area contributed by atoms with E-state index in [-0.39, 0.29) is 11.1 Å². The fraction of sp³-hybridized carbons (Fsp3) is 0.318. The van der Waals surface area contributed by atoms with Crippen molar-refractivity contribution in [1.82, 2.24) is 14.3 Å². The van der Waals surface area contributed by atoms with Crippen LogP contribution < -0.4 is 0 Å². The van der Waals surface area contributed by atoms with E-state index in [1.165, 1.54) is 6.07 Å². The van der Waals surface area contributed by atoms with Crippen LogP contribution in [-0.4, -0.2) is 38.6 Å². The van der Waals surface area contributed by atoms with Crippen molar-refractivity contribution < 1.29 is 9.50 Å². The first-order valence-corrected chi connectivity index (χ1v) is 11.4. The molecule has 1 aliphatic heterocycles. The van der Waals surface area contributed by atoms with Gasteiger partial charge in [-0.3, -0.25) is 0 Å². The minimum absolute atomic E-state index is 0.0745. The minimum atomic E-state index is -0.449. The molecule has 0 saturated carbocycles. The van der Waals surface area contributed by atoms with Crippen molar-refractivity contribution in [2.45, 2.75) is 37.7 Å². The van der Waals surface area contributed by atoms with Crippen LogP contribution in [0.3, 0.4) is 0 Å². The van der Waals surface area contributed by atoms with Gasteiger partial charge in [0.05, 0.1) is 28.0 Å². The summed E-state index contributed by atoms with van der Waals surface area (Å²) in [6.45, 7) is 5.64. The zero-order valence-corrected chi connectivity index (χ0v) is 19.2. The lowest BCUT2D eigenvalue weighted by Gasteiger charge is -2.28. The van der Waals surface area contributed by atoms with Gasteiger partial charge in [-0.05, 0) is 61.2 Å². The summed E-state index contributed by atoms with van der Waals surface area (Å²) in [4.78, 5) is 8.65. The third-order valence-electron chi connectivity index (χ3n) is 4.66. The number of aromatic nitrogens is 2. The number of rotatable bonds is 4. The van der Waals surface area contributed by atoms with E-state index >= 15 is 0 Å². The molecule has 2 N–H and O–H groups in total. The number of halogens is 3. The number of aliphatic hydroxyl groups excluding tert-OH is 1. The number of hydrogen-bond donors (Lipinski definition) is 2. The monoisotopic (exact) mass is 467 g/mol. The van der Waals surface area contributed by atoms with Crippen molar-refractivity contribution in [2.75, 3.05) is 13.1 Å². The predicted octanol–water partition coefficient (Wildman–Crippen LogP) is 6.68. The van der Waals surface area contributed by atoms with Crippen LogP contribution >= 0.6 is 35.1 Å². The van der Waals surface area contributed by atoms with E-state index in [2.05, 4.69) is 14.3 Å². The van der Waals surface area contributed by atoms with E-state index in [0.29, 0.717) is 10.8 Å². The number of piperidine rings is 1. The van der Waals surface area contributed by atoms with Crippen LogP contribution in [0.25, 0.3) is 22.6 Å². The maximum absolute atomic E-state index is 13.4. The first kappa shape index (κ1) is 23.1. The minimum Gasteiger partial charge on any atom is -0.393 e. The Morgan fingerprint density at radius 1 is 1.07 bits per heavy atom. The number of hydrogen-bond acceptors (Lipinski definition) is 4. The van der Waals surface area contributed by atoms with Crippen LogP contribution in [0, 0.1) is 5.82 Å². The van der Waals surface area contributed by atoms with E-state index in [1.807, 2.05) is 32.0 Å². The topological polar surface area (TPSA) is 52.1 Å². The summed E-state index contributed by atoms with van der Waals surface area (Å²) in [6, 6.07) is 10.3. The molecule has 1 aliphatic rings. The number of aliphatic hydroxyl groups is 1. The zero-order valence-electron chi connectivity index (χ0n) is 16.8. The van der Waals surface area contributed by atoms with Crippen molar-refractivity contribution in [1.29, 1.82) is 0 Å². The highest BCUT2D eigenvalue weighted by atomic mass is 35.5. The summed E-state index contributed by atoms with van der Waals surface area (Å²) in [7, 11) is 0. The summed E-state index contributed by atoms with van der Waals surface area (Å²) < 4.78 is 15.6. The summed E-state index contributed by atoms with van der Waals surface area (Å²) in [6.07, 6.45) is 3.03. The van der Waals surface area contributed by atoms with E-state index in [4.69, 9.17) is 23.2 Å². The number of nitrogens with one attached hydrogen (secondary N) is 1. The number of aromatic amines is 1. The van der Waals surface area contributed by atoms with Crippen molar-refractivity contribution in [3.05, 3.63) is 58.5 Å². The fourth-order valence-electron chi connectivity index (χ4n) is 3.07. The molecule has 0 unspecified atom stereocenters. The molecule has 0 amide bonds. The van der Waals surface area contributed by atoms with Gasteiger partial charge in [0.1, 0.15) is 11.6 Å². The molecule has 4 nitrogen and oxygen atoms in total. The molecule has 1 saturated heterocycles. The Bertz CT molecular complexity index is 990. The van der Waals surface area contributed by atoms with Crippen LogP contribution in [-0.2, 0) is 0 Å². The molecule has 2 aromatic carbocycles. The van der Waals surface area contributed by atoms with Gasteiger partial charge in [0.2, 0.25) is 0 Å². The first-order chi connectivity index (χ1) is 14.5. The standard InChI is InChI=1S/C20H18Cl2FN3OS.C2H6/c21-15-3-1-13(10-19(15)28-26-7-5-14(27)6-8-26)20-24-11-18(25-20)12-2-4-17(23)16(22)9-12;1-2/h1-4,9-11,14,27H,5-8H2,(H,24,25);1-2H3. The van der Waals surface area contributed by atoms with Crippen LogP contribution in [0.15, 0.2) is 47.5 Å². The summed E-state index contributed by atoms with van der Waals surface area (Å²) in [5.41, 5.74) is 2.43. The smallest absolute Gasteiger partial charge is 0.141 e. The third-order valence-corrected chi connectivity index (χ3v) is 6.55. The van der Waals surface area contributed by atoms with Gasteiger partial charge in [-0.2, -0.15) is 0 Å². The van der Waals surface area contributed by atoms with Crippen LogP contribution in [0.4, 0.5) is 4.39 Å². The maximum Gasteiger partial charge on any atom is 0.141 e. The van der Waals surface area contributed by atoms with Crippen molar-refractivity contribution in [3.8, 4) is 22.6 Å². The van der Waals surface area contributed by atoms with Crippen molar-refractivity contribution in [3.63, 3.8) is 0 Å². The Labute approximate surface area is 190 Å². The second kappa shape index (κ2) is 10.6. The van der Waals surface area contributed by atoms with Gasteiger partial charge >= 0.3 is 0 Å². The Hall–Kier alpha value is -1.57. The quantitative estimate of drug-likeness (QED) is 0.420. The highest BCUT2D eigenvalue weighted by Gasteiger charge is 2.19. The molecule has 0 radical (unpaired) electrons. The van der Waals surface area contributed by atoms with E-state index in [9.17, 15) is 9.50 Å². The molecule has 160 valence electrons. The van der Waals surface area contributed by atoms with Gasteiger partial charge in [0.25, 0.3) is 0 Å². The molecule has 1 fully saturated rings. The number of imidazole rings is 1. The van der Waals surface area contributed by atoms with E-state index < -0.39 is 5.82 Å². The molecular formula is C22H24Cl2FN3OS. The Kier molecular flexibility index (Phi) is 8.20. The van der Waals surface area contributed by atoms with Crippen LogP contribution in [0.1, 0.15) is 26.7 Å². The van der Waals surface area contributed by atoms with Gasteiger partial charge < -0.3 is 10.1 Å². The molecular weight excluding hydrogens is 444 g/mol. The molecule has 0 aliphatic carbocycles. The summed E-state index contributed by atoms with van der Waals surface area (Å²) in [5.74, 6) is 0.248. The normalized spacial score (nSPS) is 15.0. The SMILES string of the molecule is CC.OC1CCN(Sc2cc(-c3ncc(-c4ccc(F)c(Cl)c4)[nH]3)ccc2Cl)CC1. The Balaban J connectivity index is 0.00000124. The average Bonchev–Trinajstić information content (AvgIpc) is 3.25. The molecule has 2 heterocycles. The number of H-pyrrole nitrogens is 1. The van der Waals surface area contributed by atoms with E-state index in [0.717, 1.165) is 47.6 Å². The molecule has 8 heteroatoms. The maximum atomic E-state index is 13.4. The zero-order chi connectivity index (χ0) is 21.7. The van der Waals surface area contributed by atoms with E-state index in [1.54, 1.807) is 30.3 Å². The summed E-state index contributed by atoms with van der Waals surface area (Å²) in [5, 5.41) is 10.4. The number of benzene rings is 2. The Morgan fingerprint density at radius 3 is 2.47 bits per heavy atom. The van der Waals surface area contributed by atoms with Gasteiger partial charge in [0.15, 0.2) is 0 Å². The third kappa shape index (κ3) is 5.56. The lowest BCUT2D eigenvalue weighted by Crippen LogP contribution is -2.31. The van der Waals surface area contributed by atoms with Crippen LogP contribution in [0.5, 0.6) is 0 Å². The second-order valence-electron chi connectivity index (χ2n) is 6.67. The second-order valence-corrected chi connectivity index (χ2v) is 8.62. The summed E-state index contributed by atoms with van der Waals surface area (Å²) >= 11 is 13.9. The van der Waals surface area contributed by atoms with Crippen LogP contribution in [0.2, 0.25) is 10.0 Å². The predicted molar refractivity (Wildman–Crippen MR) is 123 cm³/mol. The van der Waals surface area contributed by atoms with Gasteiger partial charge in [-0.25, -0.2) is 13.7 Å². The largest absolute Gasteiger partial charge is 0.393 e. The first-order valence-electron chi connectivity index (χ1n) is 9.91. The molecule has 0 spiro atoms. The van der Waals surface area contributed by atoms with Gasteiger partial charge in [-0.1, -0.05) is 37.0 Å². The highest BCUT2D eigenvalue weighted by molar-refractivity contribution is 7.97. The lowest BCUT2D eigenvalue weighted by molar-refractivity contribution is 0.116. The molecule has 3 aromatic rings. The highest BCUT2D eigenvalue weighted by Crippen LogP contribution is 2.35. The fourth-order valence-corrected chi connectivity index (χ4v) is 4.48. The Morgan fingerprint density at radius 2 is 1.77 bits per heavy atom.